The number of halogens is 1. The summed E-state index contributed by atoms with van der Waals surface area (Å²) in [6, 6.07) is 14.6. The number of carbonyl (C=O) groups is 1. The van der Waals surface area contributed by atoms with E-state index in [9.17, 15) is 4.79 Å². The quantitative estimate of drug-likeness (QED) is 0.846. The molecule has 104 valence electrons. The Hall–Kier alpha value is -1.65. The Morgan fingerprint density at radius 3 is 2.80 bits per heavy atom. The van der Waals surface area contributed by atoms with Crippen LogP contribution in [0.25, 0.3) is 0 Å². The lowest BCUT2D eigenvalue weighted by molar-refractivity contribution is -0.118. The molecule has 0 saturated heterocycles. The van der Waals surface area contributed by atoms with Crippen LogP contribution in [0.2, 0.25) is 5.02 Å². The molecule has 2 aromatic rings. The average molecular weight is 308 g/mol. The minimum atomic E-state index is -0.205. The molecule has 0 spiro atoms. The van der Waals surface area contributed by atoms with Crippen molar-refractivity contribution in [1.82, 2.24) is 0 Å². The zero-order valence-electron chi connectivity index (χ0n) is 10.9. The topological polar surface area (TPSA) is 38.3 Å². The van der Waals surface area contributed by atoms with Gasteiger partial charge in [-0.15, -0.1) is 11.8 Å². The van der Waals surface area contributed by atoms with E-state index in [2.05, 4.69) is 5.32 Å². The van der Waals surface area contributed by atoms with E-state index in [1.165, 1.54) is 0 Å². The highest BCUT2D eigenvalue weighted by molar-refractivity contribution is 7.98. The summed E-state index contributed by atoms with van der Waals surface area (Å²) in [6.45, 7) is -0.0517. The van der Waals surface area contributed by atoms with E-state index < -0.39 is 0 Å². The SMILES string of the molecule is CSc1cccc(NC(=O)COc2cccc(Cl)c2)c1. The summed E-state index contributed by atoms with van der Waals surface area (Å²) in [5.41, 5.74) is 0.761. The molecule has 0 aromatic heterocycles. The molecule has 0 aliphatic rings. The van der Waals surface area contributed by atoms with Crippen LogP contribution < -0.4 is 10.1 Å². The molecule has 0 radical (unpaired) electrons. The van der Waals surface area contributed by atoms with Crippen molar-refractivity contribution < 1.29 is 9.53 Å². The lowest BCUT2D eigenvalue weighted by Gasteiger charge is -2.08. The molecule has 2 aromatic carbocycles. The van der Waals surface area contributed by atoms with Crippen LogP contribution in [0.4, 0.5) is 5.69 Å². The summed E-state index contributed by atoms with van der Waals surface area (Å²) in [6.07, 6.45) is 1.99. The molecular weight excluding hydrogens is 294 g/mol. The third-order valence-corrected chi connectivity index (χ3v) is 3.48. The third kappa shape index (κ3) is 4.47. The normalized spacial score (nSPS) is 10.1. The Balaban J connectivity index is 1.89. The maximum absolute atomic E-state index is 11.8. The second kappa shape index (κ2) is 7.22. The molecular formula is C15H14ClNO2S. The van der Waals surface area contributed by atoms with Crippen LogP contribution in [0.5, 0.6) is 5.75 Å². The highest BCUT2D eigenvalue weighted by Gasteiger charge is 2.04. The van der Waals surface area contributed by atoms with Gasteiger partial charge in [0.25, 0.3) is 5.91 Å². The fraction of sp³-hybridized carbons (Fsp3) is 0.133. The standard InChI is InChI=1S/C15H14ClNO2S/c1-20-14-7-3-5-12(9-14)17-15(18)10-19-13-6-2-4-11(16)8-13/h2-9H,10H2,1H3,(H,17,18). The van der Waals surface area contributed by atoms with Crippen molar-refractivity contribution in [2.45, 2.75) is 4.90 Å². The molecule has 1 N–H and O–H groups in total. The van der Waals surface area contributed by atoms with E-state index in [-0.39, 0.29) is 12.5 Å². The van der Waals surface area contributed by atoms with Gasteiger partial charge in [0.1, 0.15) is 5.75 Å². The van der Waals surface area contributed by atoms with Crippen molar-refractivity contribution in [3.8, 4) is 5.75 Å². The van der Waals surface area contributed by atoms with Gasteiger partial charge in [-0.3, -0.25) is 4.79 Å². The average Bonchev–Trinajstić information content (AvgIpc) is 2.45. The molecule has 0 aliphatic carbocycles. The van der Waals surface area contributed by atoms with E-state index in [1.54, 1.807) is 36.0 Å². The summed E-state index contributed by atoms with van der Waals surface area (Å²) in [5.74, 6) is 0.369. The van der Waals surface area contributed by atoms with Gasteiger partial charge in [-0.25, -0.2) is 0 Å². The number of hydrogen-bond donors (Lipinski definition) is 1. The van der Waals surface area contributed by atoms with Crippen LogP contribution in [0.3, 0.4) is 0 Å². The van der Waals surface area contributed by atoms with E-state index in [0.29, 0.717) is 10.8 Å². The Morgan fingerprint density at radius 1 is 1.25 bits per heavy atom. The summed E-state index contributed by atoms with van der Waals surface area (Å²) < 4.78 is 5.38. The fourth-order valence-corrected chi connectivity index (χ4v) is 2.24. The van der Waals surface area contributed by atoms with Gasteiger partial charge in [0.2, 0.25) is 0 Å². The molecule has 0 atom stereocenters. The van der Waals surface area contributed by atoms with Crippen molar-refractivity contribution >= 4 is 35.0 Å². The lowest BCUT2D eigenvalue weighted by Crippen LogP contribution is -2.20. The summed E-state index contributed by atoms with van der Waals surface area (Å²) >= 11 is 7.47. The Kier molecular flexibility index (Phi) is 5.32. The second-order valence-electron chi connectivity index (χ2n) is 4.03. The molecule has 0 heterocycles. The summed E-state index contributed by atoms with van der Waals surface area (Å²) in [5, 5.41) is 3.37. The van der Waals surface area contributed by atoms with Gasteiger partial charge in [-0.1, -0.05) is 23.7 Å². The number of anilines is 1. The number of ether oxygens (including phenoxy) is 1. The summed E-state index contributed by atoms with van der Waals surface area (Å²) in [7, 11) is 0. The number of nitrogens with one attached hydrogen (secondary N) is 1. The maximum atomic E-state index is 11.8. The maximum Gasteiger partial charge on any atom is 0.262 e. The Morgan fingerprint density at radius 2 is 2.05 bits per heavy atom. The molecule has 3 nitrogen and oxygen atoms in total. The molecule has 0 aliphatic heterocycles. The number of benzene rings is 2. The zero-order chi connectivity index (χ0) is 14.4. The van der Waals surface area contributed by atoms with Crippen molar-refractivity contribution in [2.75, 3.05) is 18.2 Å². The molecule has 0 saturated carbocycles. The van der Waals surface area contributed by atoms with Gasteiger partial charge in [0, 0.05) is 15.6 Å². The van der Waals surface area contributed by atoms with E-state index in [0.717, 1.165) is 10.6 Å². The van der Waals surface area contributed by atoms with Crippen LogP contribution in [-0.2, 0) is 4.79 Å². The van der Waals surface area contributed by atoms with Gasteiger partial charge in [0.05, 0.1) is 0 Å². The van der Waals surface area contributed by atoms with Crippen molar-refractivity contribution in [3.05, 3.63) is 53.6 Å². The Bertz CT molecular complexity index is 604. The first kappa shape index (κ1) is 14.8. The van der Waals surface area contributed by atoms with Crippen molar-refractivity contribution in [1.29, 1.82) is 0 Å². The smallest absolute Gasteiger partial charge is 0.262 e. The van der Waals surface area contributed by atoms with Crippen LogP contribution in [0, 0.1) is 0 Å². The molecule has 5 heteroatoms. The van der Waals surface area contributed by atoms with Gasteiger partial charge < -0.3 is 10.1 Å². The fourth-order valence-electron chi connectivity index (χ4n) is 1.60. The largest absolute Gasteiger partial charge is 0.484 e. The number of carbonyl (C=O) groups excluding carboxylic acids is 1. The van der Waals surface area contributed by atoms with E-state index in [1.807, 2.05) is 30.5 Å². The van der Waals surface area contributed by atoms with Crippen LogP contribution in [0.15, 0.2) is 53.4 Å². The molecule has 0 fully saturated rings. The zero-order valence-corrected chi connectivity index (χ0v) is 12.5. The highest BCUT2D eigenvalue weighted by Crippen LogP contribution is 2.19. The Labute approximate surface area is 127 Å². The predicted octanol–water partition coefficient (Wildman–Crippen LogP) is 4.08. The number of rotatable bonds is 5. The van der Waals surface area contributed by atoms with Crippen LogP contribution in [0.1, 0.15) is 0 Å². The molecule has 20 heavy (non-hydrogen) atoms. The summed E-state index contributed by atoms with van der Waals surface area (Å²) in [4.78, 5) is 12.9. The van der Waals surface area contributed by atoms with Crippen molar-refractivity contribution in [2.24, 2.45) is 0 Å². The first-order chi connectivity index (χ1) is 9.67. The van der Waals surface area contributed by atoms with Gasteiger partial charge in [0.15, 0.2) is 6.61 Å². The van der Waals surface area contributed by atoms with Gasteiger partial charge in [-0.2, -0.15) is 0 Å². The minimum Gasteiger partial charge on any atom is -0.484 e. The second-order valence-corrected chi connectivity index (χ2v) is 5.34. The van der Waals surface area contributed by atoms with Gasteiger partial charge >= 0.3 is 0 Å². The van der Waals surface area contributed by atoms with E-state index in [4.69, 9.17) is 16.3 Å². The monoisotopic (exact) mass is 307 g/mol. The number of thioether (sulfide) groups is 1. The first-order valence-electron chi connectivity index (χ1n) is 5.99. The molecule has 0 unspecified atom stereocenters. The van der Waals surface area contributed by atoms with Crippen LogP contribution >= 0.6 is 23.4 Å². The first-order valence-corrected chi connectivity index (χ1v) is 7.60. The molecule has 2 rings (SSSR count). The lowest BCUT2D eigenvalue weighted by atomic mass is 10.3. The van der Waals surface area contributed by atoms with E-state index >= 15 is 0 Å². The third-order valence-electron chi connectivity index (χ3n) is 2.52. The van der Waals surface area contributed by atoms with Crippen molar-refractivity contribution in [3.63, 3.8) is 0 Å². The predicted molar refractivity (Wildman–Crippen MR) is 83.8 cm³/mol. The minimum absolute atomic E-state index is 0.0517. The highest BCUT2D eigenvalue weighted by atomic mass is 35.5. The van der Waals surface area contributed by atoms with Gasteiger partial charge in [-0.05, 0) is 42.7 Å². The van der Waals surface area contributed by atoms with Crippen LogP contribution in [-0.4, -0.2) is 18.8 Å². The molecule has 0 bridgehead atoms. The number of hydrogen-bond acceptors (Lipinski definition) is 3. The number of amides is 1. The molecule has 1 amide bonds.